The van der Waals surface area contributed by atoms with E-state index in [0.717, 1.165) is 56.2 Å². The molecule has 0 atom stereocenters. The lowest BCUT2D eigenvalue weighted by Gasteiger charge is -2.11. The van der Waals surface area contributed by atoms with Crippen molar-refractivity contribution in [1.82, 2.24) is 9.97 Å². The van der Waals surface area contributed by atoms with Crippen molar-refractivity contribution in [1.29, 1.82) is 0 Å². The summed E-state index contributed by atoms with van der Waals surface area (Å²) < 4.78 is 0. The Balaban J connectivity index is 1.38. The number of nitrogens with zero attached hydrogens (tertiary/aromatic N) is 2. The van der Waals surface area contributed by atoms with Gasteiger partial charge in [0, 0.05) is 22.3 Å². The molecule has 2 aromatic heterocycles. The minimum absolute atomic E-state index is 0.965. The Hall–Kier alpha value is -4.82. The summed E-state index contributed by atoms with van der Waals surface area (Å²) in [6, 6.07) is 50.2. The molecule has 2 nitrogen and oxygen atoms in total. The topological polar surface area (TPSA) is 25.8 Å². The third-order valence-corrected chi connectivity index (χ3v) is 6.30. The zero-order valence-electron chi connectivity index (χ0n) is 19.8. The van der Waals surface area contributed by atoms with E-state index in [2.05, 4.69) is 115 Å². The Kier molecular flexibility index (Phi) is 5.91. The molecular weight excluding hydrogens is 436 g/mol. The number of rotatable bonds is 5. The fraction of sp³-hybridized carbons (Fsp3) is 0. The van der Waals surface area contributed by atoms with Crippen molar-refractivity contribution in [2.45, 2.75) is 0 Å². The van der Waals surface area contributed by atoms with Crippen LogP contribution in [0.5, 0.6) is 0 Å². The van der Waals surface area contributed by atoms with E-state index in [1.807, 2.05) is 30.3 Å². The third kappa shape index (κ3) is 4.57. The Morgan fingerprint density at radius 1 is 0.250 bits per heavy atom. The van der Waals surface area contributed by atoms with Crippen LogP contribution in [0.15, 0.2) is 146 Å². The average molecular weight is 461 g/mol. The van der Waals surface area contributed by atoms with Gasteiger partial charge in [-0.2, -0.15) is 0 Å². The number of aromatic nitrogens is 2. The van der Waals surface area contributed by atoms with Gasteiger partial charge in [0.25, 0.3) is 0 Å². The number of benzene rings is 4. The van der Waals surface area contributed by atoms with Crippen LogP contribution in [0.3, 0.4) is 0 Å². The molecule has 0 saturated heterocycles. The molecule has 0 spiro atoms. The first-order valence-corrected chi connectivity index (χ1v) is 12.1. The van der Waals surface area contributed by atoms with Crippen molar-refractivity contribution in [2.24, 2.45) is 0 Å². The predicted molar refractivity (Wildman–Crippen MR) is 149 cm³/mol. The van der Waals surface area contributed by atoms with Crippen LogP contribution < -0.4 is 0 Å². The third-order valence-electron chi connectivity index (χ3n) is 6.30. The summed E-state index contributed by atoms with van der Waals surface area (Å²) >= 11 is 0. The Morgan fingerprint density at radius 2 is 0.611 bits per heavy atom. The molecule has 0 amide bonds. The van der Waals surface area contributed by atoms with E-state index in [9.17, 15) is 0 Å². The number of pyridine rings is 2. The van der Waals surface area contributed by atoms with Gasteiger partial charge >= 0.3 is 0 Å². The Morgan fingerprint density at radius 3 is 1.08 bits per heavy atom. The summed E-state index contributed by atoms with van der Waals surface area (Å²) in [6.07, 6.45) is 0. The van der Waals surface area contributed by atoms with Crippen molar-refractivity contribution in [2.75, 3.05) is 0 Å². The van der Waals surface area contributed by atoms with Gasteiger partial charge in [-0.05, 0) is 35.4 Å². The molecule has 6 rings (SSSR count). The minimum Gasteiger partial charge on any atom is -0.248 e. The molecule has 0 unspecified atom stereocenters. The zero-order chi connectivity index (χ0) is 24.2. The van der Waals surface area contributed by atoms with Crippen molar-refractivity contribution in [3.8, 4) is 56.2 Å². The highest BCUT2D eigenvalue weighted by atomic mass is 14.7. The summed E-state index contributed by atoms with van der Waals surface area (Å²) in [5, 5.41) is 0. The van der Waals surface area contributed by atoms with Gasteiger partial charge in [-0.25, -0.2) is 9.97 Å². The van der Waals surface area contributed by atoms with Crippen LogP contribution in [0.2, 0.25) is 0 Å². The van der Waals surface area contributed by atoms with Gasteiger partial charge < -0.3 is 0 Å². The maximum absolute atomic E-state index is 4.99. The molecule has 0 fully saturated rings. The molecule has 2 heterocycles. The first-order chi connectivity index (χ1) is 17.8. The van der Waals surface area contributed by atoms with Crippen LogP contribution in [0.1, 0.15) is 0 Å². The van der Waals surface area contributed by atoms with Gasteiger partial charge in [0.15, 0.2) is 0 Å². The van der Waals surface area contributed by atoms with Crippen molar-refractivity contribution in [3.63, 3.8) is 0 Å². The molecule has 0 aliphatic rings. The highest BCUT2D eigenvalue weighted by Gasteiger charge is 2.10. The molecule has 0 saturated carbocycles. The van der Waals surface area contributed by atoms with Gasteiger partial charge in [0.1, 0.15) is 0 Å². The molecule has 0 aliphatic carbocycles. The maximum Gasteiger partial charge on any atom is 0.0715 e. The molecule has 0 radical (unpaired) electrons. The summed E-state index contributed by atoms with van der Waals surface area (Å²) in [7, 11) is 0. The summed E-state index contributed by atoms with van der Waals surface area (Å²) in [4.78, 5) is 9.91. The highest BCUT2D eigenvalue weighted by molar-refractivity contribution is 5.78. The lowest BCUT2D eigenvalue weighted by Crippen LogP contribution is -1.91. The lowest BCUT2D eigenvalue weighted by molar-refractivity contribution is 1.32. The SMILES string of the molecule is c1ccc(-c2cccc(-c3ccc(-c4cc(-c5ccccc5)nc(-c5ccccc5)c4)cc3)n2)cc1. The number of hydrogen-bond acceptors (Lipinski definition) is 2. The van der Waals surface area contributed by atoms with Gasteiger partial charge in [-0.3, -0.25) is 0 Å². The minimum atomic E-state index is 0.965. The van der Waals surface area contributed by atoms with Crippen molar-refractivity contribution >= 4 is 0 Å². The molecule has 0 bridgehead atoms. The second kappa shape index (κ2) is 9.81. The Labute approximate surface area is 211 Å². The van der Waals surface area contributed by atoms with Gasteiger partial charge in [-0.15, -0.1) is 0 Å². The molecule has 0 N–H and O–H groups in total. The van der Waals surface area contributed by atoms with Crippen LogP contribution in [0, 0.1) is 0 Å². The zero-order valence-corrected chi connectivity index (χ0v) is 19.8. The summed E-state index contributed by atoms with van der Waals surface area (Å²) in [6.45, 7) is 0. The van der Waals surface area contributed by atoms with Crippen molar-refractivity contribution < 1.29 is 0 Å². The average Bonchev–Trinajstić information content (AvgIpc) is 2.98. The summed E-state index contributed by atoms with van der Waals surface area (Å²) in [5.74, 6) is 0. The molecule has 6 aromatic rings. The van der Waals surface area contributed by atoms with E-state index < -0.39 is 0 Å². The largest absolute Gasteiger partial charge is 0.248 e. The second-order valence-corrected chi connectivity index (χ2v) is 8.71. The standard InChI is InChI=1S/C34H24N2/c1-4-11-26(12-5-1)31-17-10-18-32(35-31)29-21-19-25(20-22-29)30-23-33(27-13-6-2-7-14-27)36-34(24-30)28-15-8-3-9-16-28/h1-24H. The predicted octanol–water partition coefficient (Wildman–Crippen LogP) is 8.81. The van der Waals surface area contributed by atoms with Gasteiger partial charge in [0.05, 0.1) is 22.8 Å². The van der Waals surface area contributed by atoms with Crippen LogP contribution in [-0.4, -0.2) is 9.97 Å². The monoisotopic (exact) mass is 460 g/mol. The maximum atomic E-state index is 4.99. The highest BCUT2D eigenvalue weighted by Crippen LogP contribution is 2.31. The second-order valence-electron chi connectivity index (χ2n) is 8.71. The normalized spacial score (nSPS) is 10.8. The molecule has 4 aromatic carbocycles. The van der Waals surface area contributed by atoms with E-state index in [1.54, 1.807) is 0 Å². The van der Waals surface area contributed by atoms with Gasteiger partial charge in [-0.1, -0.05) is 121 Å². The fourth-order valence-corrected chi connectivity index (χ4v) is 4.41. The van der Waals surface area contributed by atoms with Crippen molar-refractivity contribution in [3.05, 3.63) is 146 Å². The van der Waals surface area contributed by atoms with Gasteiger partial charge in [0.2, 0.25) is 0 Å². The number of hydrogen-bond donors (Lipinski definition) is 0. The first kappa shape index (κ1) is 21.7. The molecule has 36 heavy (non-hydrogen) atoms. The molecule has 2 heteroatoms. The van der Waals surface area contributed by atoms with Crippen LogP contribution in [-0.2, 0) is 0 Å². The quantitative estimate of drug-likeness (QED) is 0.257. The smallest absolute Gasteiger partial charge is 0.0715 e. The molecule has 170 valence electrons. The van der Waals surface area contributed by atoms with E-state index in [1.165, 1.54) is 0 Å². The Bertz CT molecular complexity index is 1530. The van der Waals surface area contributed by atoms with E-state index in [4.69, 9.17) is 9.97 Å². The van der Waals surface area contributed by atoms with Crippen LogP contribution in [0.4, 0.5) is 0 Å². The summed E-state index contributed by atoms with van der Waals surface area (Å²) in [5.41, 5.74) is 10.6. The lowest BCUT2D eigenvalue weighted by atomic mass is 9.98. The molecular formula is C34H24N2. The van der Waals surface area contributed by atoms with Crippen LogP contribution >= 0.6 is 0 Å². The molecule has 0 aliphatic heterocycles. The van der Waals surface area contributed by atoms with E-state index >= 15 is 0 Å². The first-order valence-electron chi connectivity index (χ1n) is 12.1. The van der Waals surface area contributed by atoms with E-state index in [0.29, 0.717) is 0 Å². The van der Waals surface area contributed by atoms with Crippen LogP contribution in [0.25, 0.3) is 56.2 Å². The van der Waals surface area contributed by atoms with E-state index in [-0.39, 0.29) is 0 Å². The fourth-order valence-electron chi connectivity index (χ4n) is 4.41.